The molecule has 0 saturated carbocycles. The predicted octanol–water partition coefficient (Wildman–Crippen LogP) is 3.60. The normalized spacial score (nSPS) is 11.2. The molecular formula is C16H16Cl2N2O4S. The Hall–Kier alpha value is -1.83. The first-order valence-corrected chi connectivity index (χ1v) is 9.57. The van der Waals surface area contributed by atoms with Crippen molar-refractivity contribution in [1.29, 1.82) is 0 Å². The lowest BCUT2D eigenvalue weighted by Gasteiger charge is -2.12. The second kappa shape index (κ2) is 8.03. The second-order valence-corrected chi connectivity index (χ2v) is 7.56. The zero-order valence-corrected chi connectivity index (χ0v) is 15.9. The molecule has 9 heteroatoms. The van der Waals surface area contributed by atoms with Crippen LogP contribution in [0.5, 0.6) is 0 Å². The Morgan fingerprint density at radius 2 is 1.96 bits per heavy atom. The molecule has 1 heterocycles. The number of anilines is 1. The smallest absolute Gasteiger partial charge is 0.310 e. The summed E-state index contributed by atoms with van der Waals surface area (Å²) in [6.07, 6.45) is 0.0499. The SMILES string of the molecule is CCOC(=O)Cc1ccc(NS(=O)(=O)c2ccc(C)nc2Cl)c(Cl)c1. The van der Waals surface area contributed by atoms with Crippen LogP contribution in [0.15, 0.2) is 35.2 Å². The first-order valence-electron chi connectivity index (χ1n) is 7.33. The van der Waals surface area contributed by atoms with Crippen molar-refractivity contribution < 1.29 is 17.9 Å². The maximum atomic E-state index is 12.5. The molecule has 2 rings (SSSR count). The highest BCUT2D eigenvalue weighted by Crippen LogP contribution is 2.28. The molecule has 0 amide bonds. The molecule has 0 unspecified atom stereocenters. The van der Waals surface area contributed by atoms with Crippen LogP contribution in [0.4, 0.5) is 5.69 Å². The summed E-state index contributed by atoms with van der Waals surface area (Å²) in [6.45, 7) is 3.71. The summed E-state index contributed by atoms with van der Waals surface area (Å²) in [5.41, 5.74) is 1.39. The van der Waals surface area contributed by atoms with Crippen molar-refractivity contribution in [3.05, 3.63) is 51.8 Å². The molecule has 0 saturated heterocycles. The van der Waals surface area contributed by atoms with E-state index in [1.807, 2.05) is 0 Å². The van der Waals surface area contributed by atoms with E-state index in [0.717, 1.165) is 0 Å². The standard InChI is InChI=1S/C16H16Cl2N2O4S/c1-3-24-15(21)9-11-5-6-13(12(17)8-11)20-25(22,23)14-7-4-10(2)19-16(14)18/h4-8,20H,3,9H2,1-2H3. The van der Waals surface area contributed by atoms with Gasteiger partial charge in [0, 0.05) is 5.69 Å². The molecule has 0 bridgehead atoms. The summed E-state index contributed by atoms with van der Waals surface area (Å²) < 4.78 is 32.2. The van der Waals surface area contributed by atoms with E-state index in [-0.39, 0.29) is 39.8 Å². The van der Waals surface area contributed by atoms with Gasteiger partial charge in [-0.25, -0.2) is 13.4 Å². The summed E-state index contributed by atoms with van der Waals surface area (Å²) in [6, 6.07) is 7.49. The van der Waals surface area contributed by atoms with Crippen LogP contribution in [0.2, 0.25) is 10.2 Å². The number of nitrogens with one attached hydrogen (secondary N) is 1. The fraction of sp³-hybridized carbons (Fsp3) is 0.250. The van der Waals surface area contributed by atoms with Crippen LogP contribution in [0, 0.1) is 6.92 Å². The molecule has 0 atom stereocenters. The number of rotatable bonds is 6. The number of pyridine rings is 1. The molecule has 1 aromatic carbocycles. The quantitative estimate of drug-likeness (QED) is 0.589. The Balaban J connectivity index is 2.23. The number of sulfonamides is 1. The van der Waals surface area contributed by atoms with Gasteiger partial charge in [0.2, 0.25) is 0 Å². The molecule has 134 valence electrons. The fourth-order valence-corrected chi connectivity index (χ4v) is 3.94. The van der Waals surface area contributed by atoms with E-state index in [0.29, 0.717) is 11.3 Å². The van der Waals surface area contributed by atoms with Crippen molar-refractivity contribution in [2.45, 2.75) is 25.2 Å². The lowest BCUT2D eigenvalue weighted by atomic mass is 10.1. The van der Waals surface area contributed by atoms with Crippen LogP contribution < -0.4 is 4.72 Å². The van der Waals surface area contributed by atoms with Crippen LogP contribution in [0.25, 0.3) is 0 Å². The van der Waals surface area contributed by atoms with Crippen LogP contribution in [0.3, 0.4) is 0 Å². The largest absolute Gasteiger partial charge is 0.466 e. The number of esters is 1. The Kier molecular flexibility index (Phi) is 6.26. The first kappa shape index (κ1) is 19.5. The average molecular weight is 403 g/mol. The van der Waals surface area contributed by atoms with E-state index in [9.17, 15) is 13.2 Å². The molecule has 0 aliphatic heterocycles. The summed E-state index contributed by atoms with van der Waals surface area (Å²) in [4.78, 5) is 15.3. The molecule has 0 fully saturated rings. The van der Waals surface area contributed by atoms with Gasteiger partial charge in [0.05, 0.1) is 23.7 Å². The third-order valence-corrected chi connectivity index (χ3v) is 5.28. The van der Waals surface area contributed by atoms with E-state index < -0.39 is 10.0 Å². The molecule has 0 spiro atoms. The molecule has 1 N–H and O–H groups in total. The highest BCUT2D eigenvalue weighted by atomic mass is 35.5. The van der Waals surface area contributed by atoms with Gasteiger partial charge in [-0.05, 0) is 43.7 Å². The number of hydrogen-bond acceptors (Lipinski definition) is 5. The second-order valence-electron chi connectivity index (χ2n) is 5.14. The molecular weight excluding hydrogens is 387 g/mol. The van der Waals surface area contributed by atoms with Crippen molar-refractivity contribution in [3.8, 4) is 0 Å². The number of nitrogens with zero attached hydrogens (tertiary/aromatic N) is 1. The minimum absolute atomic E-state index is 0.0499. The number of ether oxygens (including phenoxy) is 1. The van der Waals surface area contributed by atoms with Crippen molar-refractivity contribution in [3.63, 3.8) is 0 Å². The van der Waals surface area contributed by atoms with E-state index in [1.54, 1.807) is 26.0 Å². The summed E-state index contributed by atoms with van der Waals surface area (Å²) >= 11 is 12.0. The Labute approximate surface area is 156 Å². The monoisotopic (exact) mass is 402 g/mol. The van der Waals surface area contributed by atoms with Gasteiger partial charge in [0.25, 0.3) is 10.0 Å². The van der Waals surface area contributed by atoms with Crippen LogP contribution >= 0.6 is 23.2 Å². The molecule has 0 radical (unpaired) electrons. The first-order chi connectivity index (χ1) is 11.7. The lowest BCUT2D eigenvalue weighted by molar-refractivity contribution is -0.142. The van der Waals surface area contributed by atoms with Gasteiger partial charge in [-0.3, -0.25) is 9.52 Å². The molecule has 1 aromatic heterocycles. The number of halogens is 2. The highest BCUT2D eigenvalue weighted by Gasteiger charge is 2.20. The summed E-state index contributed by atoms with van der Waals surface area (Å²) in [7, 11) is -3.95. The van der Waals surface area contributed by atoms with Gasteiger partial charge < -0.3 is 4.74 Å². The summed E-state index contributed by atoms with van der Waals surface area (Å²) in [5.74, 6) is -0.385. The lowest BCUT2D eigenvalue weighted by Crippen LogP contribution is -2.14. The summed E-state index contributed by atoms with van der Waals surface area (Å²) in [5, 5.41) is 0.0316. The minimum Gasteiger partial charge on any atom is -0.466 e. The number of carbonyl (C=O) groups excluding carboxylic acids is 1. The topological polar surface area (TPSA) is 85.4 Å². The zero-order chi connectivity index (χ0) is 18.6. The number of benzene rings is 1. The van der Waals surface area contributed by atoms with Gasteiger partial charge in [-0.15, -0.1) is 0 Å². The number of aryl methyl sites for hydroxylation is 1. The van der Waals surface area contributed by atoms with Gasteiger partial charge in [-0.1, -0.05) is 29.3 Å². The van der Waals surface area contributed by atoms with Gasteiger partial charge in [0.1, 0.15) is 10.0 Å². The van der Waals surface area contributed by atoms with E-state index in [1.165, 1.54) is 18.2 Å². The van der Waals surface area contributed by atoms with Crippen molar-refractivity contribution in [1.82, 2.24) is 4.98 Å². The van der Waals surface area contributed by atoms with Gasteiger partial charge >= 0.3 is 5.97 Å². The van der Waals surface area contributed by atoms with Crippen LogP contribution in [-0.2, 0) is 26.0 Å². The Morgan fingerprint density at radius 3 is 2.56 bits per heavy atom. The fourth-order valence-electron chi connectivity index (χ4n) is 2.04. The number of carbonyl (C=O) groups is 1. The maximum absolute atomic E-state index is 12.5. The number of aromatic nitrogens is 1. The Morgan fingerprint density at radius 1 is 1.24 bits per heavy atom. The van der Waals surface area contributed by atoms with E-state index in [2.05, 4.69) is 9.71 Å². The molecule has 25 heavy (non-hydrogen) atoms. The predicted molar refractivity (Wildman–Crippen MR) is 96.6 cm³/mol. The van der Waals surface area contributed by atoms with Crippen LogP contribution in [0.1, 0.15) is 18.2 Å². The van der Waals surface area contributed by atoms with Crippen molar-refractivity contribution in [2.24, 2.45) is 0 Å². The van der Waals surface area contributed by atoms with E-state index in [4.69, 9.17) is 27.9 Å². The third-order valence-electron chi connectivity index (χ3n) is 3.17. The average Bonchev–Trinajstić information content (AvgIpc) is 2.49. The Bertz CT molecular complexity index is 901. The minimum atomic E-state index is -3.95. The van der Waals surface area contributed by atoms with Crippen molar-refractivity contribution >= 4 is 44.9 Å². The molecule has 0 aliphatic rings. The van der Waals surface area contributed by atoms with Crippen molar-refractivity contribution in [2.75, 3.05) is 11.3 Å². The molecule has 2 aromatic rings. The maximum Gasteiger partial charge on any atom is 0.310 e. The molecule has 6 nitrogen and oxygen atoms in total. The number of hydrogen-bond donors (Lipinski definition) is 1. The van der Waals surface area contributed by atoms with Crippen LogP contribution in [-0.4, -0.2) is 26.0 Å². The van der Waals surface area contributed by atoms with Gasteiger partial charge in [-0.2, -0.15) is 0 Å². The molecule has 0 aliphatic carbocycles. The third kappa shape index (κ3) is 5.07. The highest BCUT2D eigenvalue weighted by molar-refractivity contribution is 7.92. The van der Waals surface area contributed by atoms with E-state index >= 15 is 0 Å². The zero-order valence-electron chi connectivity index (χ0n) is 13.5. The van der Waals surface area contributed by atoms with Gasteiger partial charge in [0.15, 0.2) is 0 Å².